The Morgan fingerprint density at radius 3 is 2.95 bits per heavy atom. The summed E-state index contributed by atoms with van der Waals surface area (Å²) in [6, 6.07) is 7.91. The van der Waals surface area contributed by atoms with Crippen molar-refractivity contribution in [3.05, 3.63) is 34.9 Å². The van der Waals surface area contributed by atoms with Crippen molar-refractivity contribution in [3.8, 4) is 0 Å². The highest BCUT2D eigenvalue weighted by atomic mass is 15.1. The molecule has 0 bridgehead atoms. The summed E-state index contributed by atoms with van der Waals surface area (Å²) in [5.74, 6) is 0. The highest BCUT2D eigenvalue weighted by molar-refractivity contribution is 5.35. The van der Waals surface area contributed by atoms with Gasteiger partial charge in [0.25, 0.3) is 0 Å². The van der Waals surface area contributed by atoms with Gasteiger partial charge >= 0.3 is 0 Å². The zero-order chi connectivity index (χ0) is 13.1. The predicted molar refractivity (Wildman–Crippen MR) is 80.4 cm³/mol. The van der Waals surface area contributed by atoms with Crippen molar-refractivity contribution < 1.29 is 0 Å². The van der Waals surface area contributed by atoms with Crippen LogP contribution in [0.25, 0.3) is 0 Å². The van der Waals surface area contributed by atoms with Gasteiger partial charge in [-0.1, -0.05) is 18.2 Å². The van der Waals surface area contributed by atoms with Crippen molar-refractivity contribution in [2.24, 2.45) is 0 Å². The standard InChI is InChI=1S/C17H26N2/c1-19(17-6-3-10-18-11-9-17)13-14-7-8-15-4-2-5-16(15)12-14/h7-8,12,17-18H,2-6,9-11,13H2,1H3. The molecule has 0 saturated carbocycles. The van der Waals surface area contributed by atoms with Crippen LogP contribution in [0.5, 0.6) is 0 Å². The van der Waals surface area contributed by atoms with Crippen LogP contribution in [-0.2, 0) is 19.4 Å². The average Bonchev–Trinajstić information content (AvgIpc) is 2.71. The maximum Gasteiger partial charge on any atom is 0.0233 e. The molecule has 0 amide bonds. The summed E-state index contributed by atoms with van der Waals surface area (Å²) in [6.45, 7) is 3.49. The molecular formula is C17H26N2. The molecule has 1 unspecified atom stereocenters. The van der Waals surface area contributed by atoms with Gasteiger partial charge in [0.05, 0.1) is 0 Å². The Hall–Kier alpha value is -0.860. The van der Waals surface area contributed by atoms with Crippen LogP contribution < -0.4 is 5.32 Å². The molecule has 1 aromatic rings. The largest absolute Gasteiger partial charge is 0.317 e. The molecule has 1 heterocycles. The monoisotopic (exact) mass is 258 g/mol. The van der Waals surface area contributed by atoms with Crippen molar-refractivity contribution in [2.75, 3.05) is 20.1 Å². The number of rotatable bonds is 3. The average molecular weight is 258 g/mol. The van der Waals surface area contributed by atoms with E-state index in [0.29, 0.717) is 0 Å². The second-order valence-corrected chi connectivity index (χ2v) is 6.21. The van der Waals surface area contributed by atoms with Gasteiger partial charge in [0.15, 0.2) is 0 Å². The summed E-state index contributed by atoms with van der Waals surface area (Å²) in [5, 5.41) is 3.50. The maximum absolute atomic E-state index is 3.50. The van der Waals surface area contributed by atoms with Crippen LogP contribution in [0, 0.1) is 0 Å². The molecular weight excluding hydrogens is 232 g/mol. The molecule has 0 spiro atoms. The minimum Gasteiger partial charge on any atom is -0.317 e. The van der Waals surface area contributed by atoms with Gasteiger partial charge in [0.2, 0.25) is 0 Å². The van der Waals surface area contributed by atoms with E-state index in [9.17, 15) is 0 Å². The third-order valence-electron chi connectivity index (χ3n) is 4.76. The highest BCUT2D eigenvalue weighted by Gasteiger charge is 2.17. The van der Waals surface area contributed by atoms with Crippen molar-refractivity contribution in [2.45, 2.75) is 51.1 Å². The fourth-order valence-corrected chi connectivity index (χ4v) is 3.58. The molecule has 1 aliphatic carbocycles. The summed E-state index contributed by atoms with van der Waals surface area (Å²) in [6.07, 6.45) is 7.89. The van der Waals surface area contributed by atoms with E-state index in [1.807, 2.05) is 0 Å². The molecule has 3 rings (SSSR count). The second kappa shape index (κ2) is 6.06. The Balaban J connectivity index is 1.63. The lowest BCUT2D eigenvalue weighted by Crippen LogP contribution is -2.32. The Labute approximate surface area is 117 Å². The molecule has 0 aromatic heterocycles. The van der Waals surface area contributed by atoms with Gasteiger partial charge in [0, 0.05) is 12.6 Å². The molecule has 1 saturated heterocycles. The van der Waals surface area contributed by atoms with E-state index >= 15 is 0 Å². The van der Waals surface area contributed by atoms with Crippen LogP contribution in [0.2, 0.25) is 0 Å². The van der Waals surface area contributed by atoms with Crippen LogP contribution in [0.1, 0.15) is 42.4 Å². The molecule has 1 atom stereocenters. The Morgan fingerprint density at radius 1 is 1.11 bits per heavy atom. The van der Waals surface area contributed by atoms with E-state index in [4.69, 9.17) is 0 Å². The summed E-state index contributed by atoms with van der Waals surface area (Å²) in [5.41, 5.74) is 4.69. The minimum atomic E-state index is 0.753. The first-order valence-electron chi connectivity index (χ1n) is 7.84. The molecule has 0 radical (unpaired) electrons. The van der Waals surface area contributed by atoms with E-state index in [1.165, 1.54) is 57.2 Å². The van der Waals surface area contributed by atoms with Gasteiger partial charge in [-0.2, -0.15) is 0 Å². The first-order chi connectivity index (χ1) is 9.33. The lowest BCUT2D eigenvalue weighted by Gasteiger charge is -2.27. The number of hydrogen-bond acceptors (Lipinski definition) is 2. The molecule has 19 heavy (non-hydrogen) atoms. The van der Waals surface area contributed by atoms with Crippen LogP contribution in [-0.4, -0.2) is 31.1 Å². The van der Waals surface area contributed by atoms with Gasteiger partial charge in [-0.15, -0.1) is 0 Å². The van der Waals surface area contributed by atoms with Crippen LogP contribution >= 0.6 is 0 Å². The molecule has 2 nitrogen and oxygen atoms in total. The summed E-state index contributed by atoms with van der Waals surface area (Å²) in [7, 11) is 2.29. The number of benzene rings is 1. The molecule has 1 fully saturated rings. The first-order valence-corrected chi connectivity index (χ1v) is 7.84. The smallest absolute Gasteiger partial charge is 0.0233 e. The molecule has 2 aliphatic rings. The quantitative estimate of drug-likeness (QED) is 0.897. The molecule has 1 N–H and O–H groups in total. The number of fused-ring (bicyclic) bond motifs is 1. The first kappa shape index (κ1) is 13.1. The van der Waals surface area contributed by atoms with E-state index in [-0.39, 0.29) is 0 Å². The Bertz CT molecular complexity index is 419. The Morgan fingerprint density at radius 2 is 2.00 bits per heavy atom. The normalized spacial score (nSPS) is 23.4. The van der Waals surface area contributed by atoms with Gasteiger partial charge < -0.3 is 5.32 Å². The van der Waals surface area contributed by atoms with Crippen LogP contribution in [0.3, 0.4) is 0 Å². The highest BCUT2D eigenvalue weighted by Crippen LogP contribution is 2.24. The fraction of sp³-hybridized carbons (Fsp3) is 0.647. The summed E-state index contributed by atoms with van der Waals surface area (Å²) < 4.78 is 0. The number of hydrogen-bond donors (Lipinski definition) is 1. The van der Waals surface area contributed by atoms with Gasteiger partial charge in [-0.05, 0) is 75.4 Å². The summed E-state index contributed by atoms with van der Waals surface area (Å²) >= 11 is 0. The molecule has 104 valence electrons. The molecule has 1 aromatic carbocycles. The van der Waals surface area contributed by atoms with Crippen LogP contribution in [0.15, 0.2) is 18.2 Å². The van der Waals surface area contributed by atoms with Gasteiger partial charge in [0.1, 0.15) is 0 Å². The van der Waals surface area contributed by atoms with Crippen molar-refractivity contribution in [1.82, 2.24) is 10.2 Å². The van der Waals surface area contributed by atoms with E-state index in [1.54, 1.807) is 11.1 Å². The van der Waals surface area contributed by atoms with Crippen molar-refractivity contribution in [1.29, 1.82) is 0 Å². The number of nitrogens with zero attached hydrogens (tertiary/aromatic N) is 1. The van der Waals surface area contributed by atoms with Gasteiger partial charge in [-0.25, -0.2) is 0 Å². The lowest BCUT2D eigenvalue weighted by molar-refractivity contribution is 0.216. The summed E-state index contributed by atoms with van der Waals surface area (Å²) in [4.78, 5) is 2.56. The molecule has 2 heteroatoms. The predicted octanol–water partition coefficient (Wildman–Crippen LogP) is 2.75. The van der Waals surface area contributed by atoms with E-state index in [2.05, 4.69) is 35.5 Å². The number of aryl methyl sites for hydroxylation is 2. The fourth-order valence-electron chi connectivity index (χ4n) is 3.58. The zero-order valence-electron chi connectivity index (χ0n) is 12.1. The third kappa shape index (κ3) is 3.18. The van der Waals surface area contributed by atoms with E-state index < -0.39 is 0 Å². The van der Waals surface area contributed by atoms with Crippen LogP contribution in [0.4, 0.5) is 0 Å². The van der Waals surface area contributed by atoms with Crippen molar-refractivity contribution in [3.63, 3.8) is 0 Å². The SMILES string of the molecule is CN(Cc1ccc2c(c1)CCC2)C1CCCNCC1. The zero-order valence-corrected chi connectivity index (χ0v) is 12.1. The second-order valence-electron chi connectivity index (χ2n) is 6.21. The Kier molecular flexibility index (Phi) is 4.19. The number of nitrogens with one attached hydrogen (secondary N) is 1. The lowest BCUT2D eigenvalue weighted by atomic mass is 10.0. The molecule has 1 aliphatic heterocycles. The maximum atomic E-state index is 3.50. The van der Waals surface area contributed by atoms with E-state index in [0.717, 1.165) is 12.6 Å². The topological polar surface area (TPSA) is 15.3 Å². The van der Waals surface area contributed by atoms with Gasteiger partial charge in [-0.3, -0.25) is 4.90 Å². The van der Waals surface area contributed by atoms with Crippen molar-refractivity contribution >= 4 is 0 Å². The third-order valence-corrected chi connectivity index (χ3v) is 4.76. The minimum absolute atomic E-state index is 0.753.